The van der Waals surface area contributed by atoms with Crippen molar-refractivity contribution in [3.63, 3.8) is 0 Å². The van der Waals surface area contributed by atoms with Crippen molar-refractivity contribution < 1.29 is 19.1 Å². The highest BCUT2D eigenvalue weighted by atomic mass is 32.1. The van der Waals surface area contributed by atoms with Gasteiger partial charge in [-0.3, -0.25) is 4.79 Å². The molecule has 2 heterocycles. The average molecular weight is 310 g/mol. The number of aromatic nitrogens is 1. The molecule has 1 amide bonds. The molecule has 1 aliphatic rings. The Labute approximate surface area is 127 Å². The van der Waals surface area contributed by atoms with Crippen molar-refractivity contribution in [1.82, 2.24) is 9.88 Å². The van der Waals surface area contributed by atoms with Gasteiger partial charge in [0.15, 0.2) is 5.69 Å². The second-order valence-electron chi connectivity index (χ2n) is 4.78. The van der Waals surface area contributed by atoms with E-state index in [0.717, 1.165) is 17.7 Å². The van der Waals surface area contributed by atoms with Gasteiger partial charge in [-0.25, -0.2) is 9.78 Å². The smallest absolute Gasteiger partial charge is 0.357 e. The van der Waals surface area contributed by atoms with Gasteiger partial charge in [0.2, 0.25) is 5.91 Å². The van der Waals surface area contributed by atoms with Crippen molar-refractivity contribution in [1.29, 1.82) is 0 Å². The molecule has 1 fully saturated rings. The van der Waals surface area contributed by atoms with Gasteiger partial charge in [0, 0.05) is 24.8 Å². The zero-order valence-corrected chi connectivity index (χ0v) is 12.7. The maximum absolute atomic E-state index is 11.6. The van der Waals surface area contributed by atoms with Gasteiger partial charge in [-0.1, -0.05) is 0 Å². The van der Waals surface area contributed by atoms with Crippen LogP contribution >= 0.6 is 11.3 Å². The second kappa shape index (κ2) is 7.31. The first-order valence-corrected chi connectivity index (χ1v) is 7.90. The van der Waals surface area contributed by atoms with Crippen LogP contribution in [-0.2, 0) is 20.7 Å². The fourth-order valence-corrected chi connectivity index (χ4v) is 3.12. The SMILES string of the molecule is CCOC(=O)c1csc(CCCN2C(=O)CC[C@@H]2C=O)n1. The van der Waals surface area contributed by atoms with Crippen LogP contribution in [0.15, 0.2) is 5.38 Å². The van der Waals surface area contributed by atoms with Crippen LogP contribution in [0.25, 0.3) is 0 Å². The van der Waals surface area contributed by atoms with Crippen molar-refractivity contribution in [2.45, 2.75) is 38.6 Å². The lowest BCUT2D eigenvalue weighted by molar-refractivity contribution is -0.131. The number of ether oxygens (including phenoxy) is 1. The van der Waals surface area contributed by atoms with Crippen molar-refractivity contribution >= 4 is 29.5 Å². The quantitative estimate of drug-likeness (QED) is 0.562. The van der Waals surface area contributed by atoms with E-state index < -0.39 is 5.97 Å². The first-order chi connectivity index (χ1) is 10.2. The molecule has 1 aliphatic heterocycles. The molecule has 1 aromatic heterocycles. The zero-order valence-electron chi connectivity index (χ0n) is 11.9. The van der Waals surface area contributed by atoms with Crippen LogP contribution in [0.5, 0.6) is 0 Å². The molecule has 2 rings (SSSR count). The van der Waals surface area contributed by atoms with Gasteiger partial charge in [0.25, 0.3) is 0 Å². The van der Waals surface area contributed by atoms with E-state index >= 15 is 0 Å². The third-order valence-electron chi connectivity index (χ3n) is 3.36. The molecule has 0 unspecified atom stereocenters. The number of amides is 1. The Morgan fingerprint density at radius 2 is 2.43 bits per heavy atom. The number of aryl methyl sites for hydroxylation is 1. The van der Waals surface area contributed by atoms with Gasteiger partial charge in [-0.2, -0.15) is 0 Å². The van der Waals surface area contributed by atoms with E-state index in [0.29, 0.717) is 38.1 Å². The minimum atomic E-state index is -0.407. The Morgan fingerprint density at radius 3 is 3.14 bits per heavy atom. The molecule has 1 aromatic rings. The van der Waals surface area contributed by atoms with E-state index in [-0.39, 0.29) is 11.9 Å². The Kier molecular flexibility index (Phi) is 5.44. The van der Waals surface area contributed by atoms with E-state index in [1.807, 2.05) is 0 Å². The van der Waals surface area contributed by atoms with E-state index in [4.69, 9.17) is 4.74 Å². The molecule has 0 spiro atoms. The topological polar surface area (TPSA) is 76.6 Å². The molecule has 7 heteroatoms. The van der Waals surface area contributed by atoms with Crippen LogP contribution in [-0.4, -0.2) is 47.2 Å². The van der Waals surface area contributed by atoms with Crippen LogP contribution in [0.1, 0.15) is 41.7 Å². The van der Waals surface area contributed by atoms with Gasteiger partial charge in [0.1, 0.15) is 6.29 Å². The number of hydrogen-bond acceptors (Lipinski definition) is 6. The van der Waals surface area contributed by atoms with Gasteiger partial charge >= 0.3 is 5.97 Å². The predicted molar refractivity (Wildman–Crippen MR) is 77.2 cm³/mol. The first-order valence-electron chi connectivity index (χ1n) is 7.02. The van der Waals surface area contributed by atoms with Crippen molar-refractivity contribution in [2.24, 2.45) is 0 Å². The van der Waals surface area contributed by atoms with Crippen molar-refractivity contribution in [3.8, 4) is 0 Å². The summed E-state index contributed by atoms with van der Waals surface area (Å²) in [5.74, 6) is -0.366. The Balaban J connectivity index is 1.82. The molecule has 0 radical (unpaired) electrons. The molecule has 6 nitrogen and oxygen atoms in total. The highest BCUT2D eigenvalue weighted by Crippen LogP contribution is 2.18. The van der Waals surface area contributed by atoms with Crippen LogP contribution in [0, 0.1) is 0 Å². The number of likely N-dealkylation sites (tertiary alicyclic amines) is 1. The lowest BCUT2D eigenvalue weighted by Crippen LogP contribution is -2.34. The van der Waals surface area contributed by atoms with Crippen LogP contribution in [0.3, 0.4) is 0 Å². The summed E-state index contributed by atoms with van der Waals surface area (Å²) in [6.07, 6.45) is 3.32. The van der Waals surface area contributed by atoms with Crippen molar-refractivity contribution in [2.75, 3.05) is 13.2 Å². The number of rotatable bonds is 7. The zero-order chi connectivity index (χ0) is 15.2. The van der Waals surface area contributed by atoms with Crippen LogP contribution in [0.2, 0.25) is 0 Å². The van der Waals surface area contributed by atoms with Crippen molar-refractivity contribution in [3.05, 3.63) is 16.1 Å². The predicted octanol–water partition coefficient (Wildman–Crippen LogP) is 1.44. The minimum absolute atomic E-state index is 0.0402. The van der Waals surface area contributed by atoms with E-state index in [2.05, 4.69) is 4.98 Å². The highest BCUT2D eigenvalue weighted by molar-refractivity contribution is 7.09. The molecule has 21 heavy (non-hydrogen) atoms. The van der Waals surface area contributed by atoms with Gasteiger partial charge in [0.05, 0.1) is 17.7 Å². The molecule has 1 atom stereocenters. The summed E-state index contributed by atoms with van der Waals surface area (Å²) in [5.41, 5.74) is 0.333. The summed E-state index contributed by atoms with van der Waals surface area (Å²) in [4.78, 5) is 39.9. The first kappa shape index (κ1) is 15.6. The van der Waals surface area contributed by atoms with Crippen LogP contribution in [0.4, 0.5) is 0 Å². The Bertz CT molecular complexity index is 529. The third kappa shape index (κ3) is 3.87. The Morgan fingerprint density at radius 1 is 1.62 bits per heavy atom. The molecular weight excluding hydrogens is 292 g/mol. The third-order valence-corrected chi connectivity index (χ3v) is 4.27. The minimum Gasteiger partial charge on any atom is -0.461 e. The highest BCUT2D eigenvalue weighted by Gasteiger charge is 2.29. The molecule has 0 aliphatic carbocycles. The fraction of sp³-hybridized carbons (Fsp3) is 0.571. The van der Waals surface area contributed by atoms with Crippen LogP contribution < -0.4 is 0 Å². The Hall–Kier alpha value is -1.76. The van der Waals surface area contributed by atoms with E-state index in [1.54, 1.807) is 17.2 Å². The summed E-state index contributed by atoms with van der Waals surface area (Å²) in [6, 6.07) is -0.274. The fourth-order valence-electron chi connectivity index (χ4n) is 2.31. The normalized spacial score (nSPS) is 18.0. The summed E-state index contributed by atoms with van der Waals surface area (Å²) in [5, 5.41) is 2.52. The maximum atomic E-state index is 11.6. The summed E-state index contributed by atoms with van der Waals surface area (Å²) < 4.78 is 4.88. The average Bonchev–Trinajstić information content (AvgIpc) is 3.07. The lowest BCUT2D eigenvalue weighted by Gasteiger charge is -2.19. The molecule has 0 N–H and O–H groups in total. The van der Waals surface area contributed by atoms with Gasteiger partial charge in [-0.15, -0.1) is 11.3 Å². The summed E-state index contributed by atoms with van der Waals surface area (Å²) in [6.45, 7) is 2.63. The molecule has 0 saturated carbocycles. The standard InChI is InChI=1S/C14H18N2O4S/c1-2-20-14(19)11-9-21-12(15-11)4-3-7-16-10(8-17)5-6-13(16)18/h8-10H,2-7H2,1H3/t10-/m1/s1. The summed E-state index contributed by atoms with van der Waals surface area (Å²) in [7, 11) is 0. The molecular formula is C14H18N2O4S. The lowest BCUT2D eigenvalue weighted by atomic mass is 10.2. The summed E-state index contributed by atoms with van der Waals surface area (Å²) >= 11 is 1.41. The van der Waals surface area contributed by atoms with Gasteiger partial charge in [-0.05, 0) is 19.8 Å². The molecule has 0 bridgehead atoms. The molecule has 0 aromatic carbocycles. The number of carbonyl (C=O) groups excluding carboxylic acids is 3. The largest absolute Gasteiger partial charge is 0.461 e. The van der Waals surface area contributed by atoms with Gasteiger partial charge < -0.3 is 14.4 Å². The number of carbonyl (C=O) groups is 3. The van der Waals surface area contributed by atoms with E-state index in [9.17, 15) is 14.4 Å². The number of esters is 1. The number of thiazole rings is 1. The number of nitrogens with zero attached hydrogens (tertiary/aromatic N) is 2. The maximum Gasteiger partial charge on any atom is 0.357 e. The number of hydrogen-bond donors (Lipinski definition) is 0. The number of aldehydes is 1. The second-order valence-corrected chi connectivity index (χ2v) is 5.72. The molecule has 114 valence electrons. The van der Waals surface area contributed by atoms with E-state index in [1.165, 1.54) is 11.3 Å². The monoisotopic (exact) mass is 310 g/mol. The molecule has 1 saturated heterocycles.